The molecule has 2 aromatic rings. The Hall–Kier alpha value is -3.03. The van der Waals surface area contributed by atoms with Crippen molar-refractivity contribution >= 4 is 11.9 Å². The van der Waals surface area contributed by atoms with Crippen molar-refractivity contribution in [3.63, 3.8) is 0 Å². The maximum absolute atomic E-state index is 12.5. The van der Waals surface area contributed by atoms with Crippen molar-refractivity contribution in [1.82, 2.24) is 20.3 Å². The Kier molecular flexibility index (Phi) is 6.44. The molecule has 0 aromatic carbocycles. The van der Waals surface area contributed by atoms with Crippen molar-refractivity contribution in [2.24, 2.45) is 0 Å². The number of carbonyl (C=O) groups excluding carboxylic acids is 1. The smallest absolute Gasteiger partial charge is 0.305 e. The van der Waals surface area contributed by atoms with Gasteiger partial charge in [0, 0.05) is 34.8 Å². The zero-order valence-corrected chi connectivity index (χ0v) is 15.7. The van der Waals surface area contributed by atoms with Crippen LogP contribution in [0, 0.1) is 6.92 Å². The molecule has 0 aliphatic carbocycles. The third-order valence-corrected chi connectivity index (χ3v) is 4.74. The number of aryl methyl sites for hydroxylation is 1. The third-order valence-electron chi connectivity index (χ3n) is 4.74. The van der Waals surface area contributed by atoms with E-state index >= 15 is 0 Å². The molecule has 0 saturated carbocycles. The summed E-state index contributed by atoms with van der Waals surface area (Å²) in [5, 5.41) is 11.9. The summed E-state index contributed by atoms with van der Waals surface area (Å²) in [5.74, 6) is -0.989. The van der Waals surface area contributed by atoms with Crippen molar-refractivity contribution in [3.8, 4) is 11.4 Å². The van der Waals surface area contributed by atoms with Gasteiger partial charge in [-0.3, -0.25) is 19.4 Å². The van der Waals surface area contributed by atoms with E-state index < -0.39 is 23.0 Å². The topological polar surface area (TPSA) is 125 Å². The normalized spacial score (nSPS) is 11.2. The fourth-order valence-corrected chi connectivity index (χ4v) is 2.97. The number of rotatable bonds is 8. The number of aliphatic carboxylic acids is 1. The van der Waals surface area contributed by atoms with Crippen molar-refractivity contribution in [2.45, 2.75) is 52.0 Å². The molecule has 1 amide bonds. The summed E-state index contributed by atoms with van der Waals surface area (Å²) in [6.45, 7) is 5.33. The lowest BCUT2D eigenvalue weighted by molar-refractivity contribution is -0.139. The molecular weight excluding hydrogens is 348 g/mol. The quantitative estimate of drug-likeness (QED) is 0.649. The van der Waals surface area contributed by atoms with Crippen LogP contribution in [-0.4, -0.2) is 37.5 Å². The van der Waals surface area contributed by atoms with E-state index in [9.17, 15) is 14.4 Å². The highest BCUT2D eigenvalue weighted by Crippen LogP contribution is 2.20. The predicted octanol–water partition coefficient (Wildman–Crippen LogP) is 1.83. The van der Waals surface area contributed by atoms with Crippen molar-refractivity contribution in [1.29, 1.82) is 0 Å². The summed E-state index contributed by atoms with van der Waals surface area (Å²) >= 11 is 0. The molecule has 0 fully saturated rings. The Bertz CT molecular complexity index is 873. The highest BCUT2D eigenvalue weighted by atomic mass is 16.4. The molecule has 8 nitrogen and oxygen atoms in total. The number of carboxylic acids is 1. The van der Waals surface area contributed by atoms with Crippen LogP contribution >= 0.6 is 0 Å². The minimum atomic E-state index is -0.976. The summed E-state index contributed by atoms with van der Waals surface area (Å²) in [4.78, 5) is 47.1. The number of amides is 1. The molecule has 2 rings (SSSR count). The molecule has 2 heterocycles. The number of aromatic nitrogens is 3. The molecule has 0 spiro atoms. The third kappa shape index (κ3) is 4.99. The lowest BCUT2D eigenvalue weighted by Crippen LogP contribution is -2.50. The van der Waals surface area contributed by atoms with E-state index in [2.05, 4.69) is 20.3 Å². The van der Waals surface area contributed by atoms with Gasteiger partial charge in [-0.25, -0.2) is 4.98 Å². The summed E-state index contributed by atoms with van der Waals surface area (Å²) in [6.07, 6.45) is 3.84. The number of pyridine rings is 1. The first-order valence-corrected chi connectivity index (χ1v) is 8.83. The highest BCUT2D eigenvalue weighted by Gasteiger charge is 2.31. The summed E-state index contributed by atoms with van der Waals surface area (Å²) in [6, 6.07) is 3.52. The first-order valence-electron chi connectivity index (χ1n) is 8.83. The van der Waals surface area contributed by atoms with E-state index in [4.69, 9.17) is 5.11 Å². The molecule has 27 heavy (non-hydrogen) atoms. The van der Waals surface area contributed by atoms with Crippen LogP contribution in [-0.2, 0) is 16.0 Å². The first-order chi connectivity index (χ1) is 12.8. The predicted molar refractivity (Wildman–Crippen MR) is 100 cm³/mol. The van der Waals surface area contributed by atoms with Crippen LogP contribution in [0.25, 0.3) is 11.4 Å². The SMILES string of the molecule is CCC(CC)(CC(=O)O)NC(=O)Cc1c(C)nc(-c2cccnc2)[nH]c1=O. The Morgan fingerprint density at radius 1 is 1.30 bits per heavy atom. The first kappa shape index (κ1) is 20.3. The lowest BCUT2D eigenvalue weighted by Gasteiger charge is -2.31. The summed E-state index contributed by atoms with van der Waals surface area (Å²) < 4.78 is 0. The number of carboxylic acid groups (broad SMARTS) is 1. The number of aromatic amines is 1. The van der Waals surface area contributed by atoms with Gasteiger partial charge in [-0.1, -0.05) is 13.8 Å². The van der Waals surface area contributed by atoms with Crippen LogP contribution < -0.4 is 10.9 Å². The molecule has 0 saturated heterocycles. The fourth-order valence-electron chi connectivity index (χ4n) is 2.97. The molecular formula is C19H24N4O4. The molecule has 0 bridgehead atoms. The average molecular weight is 372 g/mol. The van der Waals surface area contributed by atoms with Crippen LogP contribution in [0.1, 0.15) is 44.4 Å². The van der Waals surface area contributed by atoms with Crippen molar-refractivity contribution in [3.05, 3.63) is 46.1 Å². The van der Waals surface area contributed by atoms with Gasteiger partial charge in [-0.05, 0) is 31.9 Å². The molecule has 0 radical (unpaired) electrons. The number of hydrogen-bond acceptors (Lipinski definition) is 5. The van der Waals surface area contributed by atoms with Gasteiger partial charge in [0.2, 0.25) is 5.91 Å². The second-order valence-electron chi connectivity index (χ2n) is 6.50. The van der Waals surface area contributed by atoms with Crippen LogP contribution in [0.5, 0.6) is 0 Å². The zero-order valence-electron chi connectivity index (χ0n) is 15.7. The van der Waals surface area contributed by atoms with Crippen molar-refractivity contribution < 1.29 is 14.7 Å². The van der Waals surface area contributed by atoms with E-state index in [0.29, 0.717) is 29.9 Å². The maximum atomic E-state index is 12.5. The Balaban J connectivity index is 2.23. The Morgan fingerprint density at radius 3 is 2.52 bits per heavy atom. The number of nitrogens with zero attached hydrogens (tertiary/aromatic N) is 2. The number of carbonyl (C=O) groups is 2. The molecule has 0 aliphatic rings. The minimum absolute atomic E-state index is 0.164. The van der Waals surface area contributed by atoms with Gasteiger partial charge >= 0.3 is 5.97 Å². The average Bonchev–Trinajstić information content (AvgIpc) is 2.64. The maximum Gasteiger partial charge on any atom is 0.305 e. The molecule has 0 atom stereocenters. The van der Waals surface area contributed by atoms with Crippen LogP contribution in [0.4, 0.5) is 0 Å². The number of hydrogen-bond donors (Lipinski definition) is 3. The molecule has 8 heteroatoms. The zero-order chi connectivity index (χ0) is 20.0. The van der Waals surface area contributed by atoms with Gasteiger partial charge in [-0.15, -0.1) is 0 Å². The summed E-state index contributed by atoms with van der Waals surface area (Å²) in [5.41, 5.74) is 0.160. The Morgan fingerprint density at radius 2 is 2.00 bits per heavy atom. The Labute approximate surface area is 157 Å². The minimum Gasteiger partial charge on any atom is -0.481 e. The number of H-pyrrole nitrogens is 1. The van der Waals surface area contributed by atoms with Crippen LogP contribution in [0.2, 0.25) is 0 Å². The lowest BCUT2D eigenvalue weighted by atomic mass is 9.88. The molecule has 0 unspecified atom stereocenters. The second-order valence-corrected chi connectivity index (χ2v) is 6.50. The van der Waals surface area contributed by atoms with Gasteiger partial charge in [0.25, 0.3) is 5.56 Å². The molecule has 3 N–H and O–H groups in total. The highest BCUT2D eigenvalue weighted by molar-refractivity contribution is 5.80. The van der Waals surface area contributed by atoms with Crippen LogP contribution in [0.3, 0.4) is 0 Å². The van der Waals surface area contributed by atoms with Crippen molar-refractivity contribution in [2.75, 3.05) is 0 Å². The summed E-state index contributed by atoms with van der Waals surface area (Å²) in [7, 11) is 0. The second kappa shape index (κ2) is 8.57. The van der Waals surface area contributed by atoms with Gasteiger partial charge in [0.05, 0.1) is 12.8 Å². The number of nitrogens with one attached hydrogen (secondary N) is 2. The standard InChI is InChI=1S/C19H24N4O4/c1-4-19(5-2,10-16(25)26)23-15(24)9-14-12(3)21-17(22-18(14)27)13-7-6-8-20-11-13/h6-8,11H,4-5,9-10H2,1-3H3,(H,23,24)(H,25,26)(H,21,22,27). The van der Waals surface area contributed by atoms with E-state index in [1.165, 1.54) is 0 Å². The monoisotopic (exact) mass is 372 g/mol. The van der Waals surface area contributed by atoms with Crippen LogP contribution in [0.15, 0.2) is 29.3 Å². The molecule has 0 aliphatic heterocycles. The van der Waals surface area contributed by atoms with Gasteiger partial charge in [0.1, 0.15) is 5.82 Å². The van der Waals surface area contributed by atoms with Gasteiger partial charge in [0.15, 0.2) is 0 Å². The largest absolute Gasteiger partial charge is 0.481 e. The van der Waals surface area contributed by atoms with Gasteiger partial charge in [-0.2, -0.15) is 0 Å². The van der Waals surface area contributed by atoms with Gasteiger partial charge < -0.3 is 15.4 Å². The van der Waals surface area contributed by atoms with E-state index in [1.54, 1.807) is 31.5 Å². The van der Waals surface area contributed by atoms with E-state index in [0.717, 1.165) is 0 Å². The van der Waals surface area contributed by atoms with E-state index in [1.807, 2.05) is 13.8 Å². The molecule has 2 aromatic heterocycles. The van der Waals surface area contributed by atoms with E-state index in [-0.39, 0.29) is 18.4 Å². The molecule has 144 valence electrons. The fraction of sp³-hybridized carbons (Fsp3) is 0.421.